The maximum absolute atomic E-state index is 10.9. The van der Waals surface area contributed by atoms with E-state index in [-0.39, 0.29) is 12.4 Å². The minimum absolute atomic E-state index is 0.0853. The molecule has 0 aliphatic carbocycles. The van der Waals surface area contributed by atoms with Crippen LogP contribution in [-0.4, -0.2) is 37.9 Å². The van der Waals surface area contributed by atoms with Gasteiger partial charge in [-0.25, -0.2) is 4.68 Å². The summed E-state index contributed by atoms with van der Waals surface area (Å²) in [6.07, 6.45) is 0. The summed E-state index contributed by atoms with van der Waals surface area (Å²) in [7, 11) is -4.11. The highest BCUT2D eigenvalue weighted by molar-refractivity contribution is 7.85. The third-order valence-electron chi connectivity index (χ3n) is 3.38. The van der Waals surface area contributed by atoms with Gasteiger partial charge in [0.25, 0.3) is 10.1 Å². The van der Waals surface area contributed by atoms with E-state index < -0.39 is 15.9 Å². The van der Waals surface area contributed by atoms with E-state index in [1.54, 1.807) is 6.92 Å². The Bertz CT molecular complexity index is 1040. The van der Waals surface area contributed by atoms with Crippen LogP contribution in [0.5, 0.6) is 0 Å². The summed E-state index contributed by atoms with van der Waals surface area (Å²) in [6.45, 7) is 1.59. The van der Waals surface area contributed by atoms with Crippen LogP contribution in [0.4, 0.5) is 16.6 Å². The van der Waals surface area contributed by atoms with Gasteiger partial charge in [0.1, 0.15) is 5.82 Å². The Morgan fingerprint density at radius 1 is 1.27 bits per heavy atom. The minimum atomic E-state index is -4.11. The van der Waals surface area contributed by atoms with Crippen LogP contribution in [0.15, 0.2) is 40.6 Å². The summed E-state index contributed by atoms with van der Waals surface area (Å²) in [6, 6.07) is 9.47. The summed E-state index contributed by atoms with van der Waals surface area (Å²) in [5.74, 6) is 0.215. The van der Waals surface area contributed by atoms with Crippen molar-refractivity contribution in [2.24, 2.45) is 10.2 Å². The van der Waals surface area contributed by atoms with Gasteiger partial charge in [-0.2, -0.15) is 22.9 Å². The maximum atomic E-state index is 10.9. The smallest absolute Gasteiger partial charge is 0.266 e. The number of hydrogen-bond donors (Lipinski definition) is 2. The van der Waals surface area contributed by atoms with E-state index in [2.05, 4.69) is 24.7 Å². The van der Waals surface area contributed by atoms with E-state index in [4.69, 9.17) is 10.3 Å². The van der Waals surface area contributed by atoms with E-state index in [0.717, 1.165) is 17.1 Å². The minimum Gasteiger partial charge on any atom is -0.382 e. The number of aromatic nitrogens is 4. The molecular weight excluding hydrogens is 378 g/mol. The predicted molar refractivity (Wildman–Crippen MR) is 97.3 cm³/mol. The second-order valence-corrected chi connectivity index (χ2v) is 7.60. The van der Waals surface area contributed by atoms with Crippen molar-refractivity contribution >= 4 is 38.3 Å². The van der Waals surface area contributed by atoms with Gasteiger partial charge in [0, 0.05) is 17.1 Å². The van der Waals surface area contributed by atoms with Gasteiger partial charge in [-0.05, 0) is 6.92 Å². The fourth-order valence-electron chi connectivity index (χ4n) is 2.14. The summed E-state index contributed by atoms with van der Waals surface area (Å²) in [4.78, 5) is 4.30. The molecule has 0 radical (unpaired) electrons. The lowest BCUT2D eigenvalue weighted by molar-refractivity contribution is 0.476. The first-order valence-corrected chi connectivity index (χ1v) is 9.80. The second kappa shape index (κ2) is 7.27. The number of azo groups is 1. The molecule has 0 aliphatic rings. The number of aryl methyl sites for hydroxylation is 2. The maximum Gasteiger partial charge on any atom is 0.266 e. The Kier molecular flexibility index (Phi) is 5.06. The van der Waals surface area contributed by atoms with Crippen LogP contribution in [0.3, 0.4) is 0 Å². The van der Waals surface area contributed by atoms with Crippen LogP contribution in [0, 0.1) is 6.92 Å². The van der Waals surface area contributed by atoms with E-state index in [1.807, 2.05) is 30.3 Å². The largest absolute Gasteiger partial charge is 0.382 e. The van der Waals surface area contributed by atoms with Crippen LogP contribution >= 0.6 is 11.5 Å². The van der Waals surface area contributed by atoms with Gasteiger partial charge in [0.15, 0.2) is 11.5 Å². The van der Waals surface area contributed by atoms with Crippen molar-refractivity contribution in [2.75, 3.05) is 11.5 Å². The monoisotopic (exact) mass is 393 g/mol. The number of benzene rings is 1. The molecule has 3 N–H and O–H groups in total. The number of nitrogens with zero attached hydrogens (tertiary/aromatic N) is 6. The van der Waals surface area contributed by atoms with Crippen LogP contribution in [0.2, 0.25) is 0 Å². The molecule has 0 amide bonds. The number of nitrogens with two attached hydrogens (primary N) is 1. The molecular formula is C14H15N7O3S2. The molecule has 0 unspecified atom stereocenters. The van der Waals surface area contributed by atoms with Gasteiger partial charge in [-0.3, -0.25) is 4.55 Å². The highest BCUT2D eigenvalue weighted by atomic mass is 32.2. The average molecular weight is 393 g/mol. The molecule has 136 valence electrons. The summed E-state index contributed by atoms with van der Waals surface area (Å²) in [5, 5.41) is 12.6. The van der Waals surface area contributed by atoms with Crippen molar-refractivity contribution in [3.63, 3.8) is 0 Å². The molecule has 3 aromatic rings. The third kappa shape index (κ3) is 4.28. The van der Waals surface area contributed by atoms with Gasteiger partial charge < -0.3 is 5.73 Å². The Hall–Kier alpha value is -2.70. The fraction of sp³-hybridized carbons (Fsp3) is 0.214. The number of rotatable bonds is 6. The molecule has 2 heterocycles. The first kappa shape index (κ1) is 18.1. The van der Waals surface area contributed by atoms with Gasteiger partial charge in [-0.15, -0.1) is 10.2 Å². The molecule has 0 aliphatic heterocycles. The first-order valence-electron chi connectivity index (χ1n) is 7.42. The van der Waals surface area contributed by atoms with Crippen LogP contribution in [0.1, 0.15) is 5.69 Å². The van der Waals surface area contributed by atoms with Crippen molar-refractivity contribution in [1.29, 1.82) is 0 Å². The van der Waals surface area contributed by atoms with Crippen molar-refractivity contribution < 1.29 is 13.0 Å². The number of anilines is 1. The summed E-state index contributed by atoms with van der Waals surface area (Å²) < 4.78 is 36.0. The summed E-state index contributed by atoms with van der Waals surface area (Å²) >= 11 is 1.09. The molecule has 2 aromatic heterocycles. The van der Waals surface area contributed by atoms with Crippen LogP contribution in [0.25, 0.3) is 11.4 Å². The fourth-order valence-corrected chi connectivity index (χ4v) is 3.06. The highest BCUT2D eigenvalue weighted by Crippen LogP contribution is 2.29. The van der Waals surface area contributed by atoms with Gasteiger partial charge >= 0.3 is 0 Å². The quantitative estimate of drug-likeness (QED) is 0.483. The Labute approximate surface area is 153 Å². The predicted octanol–water partition coefficient (Wildman–Crippen LogP) is 2.60. The Morgan fingerprint density at radius 2 is 2.00 bits per heavy atom. The molecule has 3 rings (SSSR count). The Morgan fingerprint density at radius 3 is 2.69 bits per heavy atom. The molecule has 0 saturated heterocycles. The molecule has 0 bridgehead atoms. The lowest BCUT2D eigenvalue weighted by atomic mass is 10.2. The SMILES string of the molecule is Cc1nn(CCS(=O)(=O)O)c(N)c1N=Nc1nc(-c2ccccc2)ns1. The Balaban J connectivity index is 1.79. The number of nitrogen functional groups attached to an aromatic ring is 1. The van der Waals surface area contributed by atoms with Gasteiger partial charge in [0.2, 0.25) is 5.13 Å². The second-order valence-electron chi connectivity index (χ2n) is 5.30. The van der Waals surface area contributed by atoms with E-state index in [9.17, 15) is 8.42 Å². The standard InChI is InChI=1S/C14H15N7O3S2/c1-9-11(12(15)21(19-9)7-8-26(22,23)24)17-18-14-16-13(20-25-14)10-5-3-2-4-6-10/h2-6H,7-8,15H2,1H3,(H,22,23,24). The highest BCUT2D eigenvalue weighted by Gasteiger charge is 2.15. The first-order chi connectivity index (χ1) is 12.3. The lowest BCUT2D eigenvalue weighted by Gasteiger charge is -2.01. The lowest BCUT2D eigenvalue weighted by Crippen LogP contribution is -2.14. The van der Waals surface area contributed by atoms with Crippen molar-refractivity contribution in [2.45, 2.75) is 13.5 Å². The zero-order chi connectivity index (χ0) is 18.7. The van der Waals surface area contributed by atoms with Crippen LogP contribution < -0.4 is 5.73 Å². The van der Waals surface area contributed by atoms with E-state index in [0.29, 0.717) is 22.3 Å². The number of hydrogen-bond acceptors (Lipinski definition) is 9. The molecule has 10 nitrogen and oxygen atoms in total. The molecule has 0 spiro atoms. The van der Waals surface area contributed by atoms with Crippen molar-refractivity contribution in [3.8, 4) is 11.4 Å². The third-order valence-corrected chi connectivity index (χ3v) is 4.68. The van der Waals surface area contributed by atoms with E-state index in [1.165, 1.54) is 4.68 Å². The molecule has 0 atom stereocenters. The molecule has 0 fully saturated rings. The van der Waals surface area contributed by atoms with E-state index >= 15 is 0 Å². The van der Waals surface area contributed by atoms with Gasteiger partial charge in [-0.1, -0.05) is 30.3 Å². The zero-order valence-corrected chi connectivity index (χ0v) is 15.3. The summed E-state index contributed by atoms with van der Waals surface area (Å²) in [5.41, 5.74) is 7.60. The molecule has 26 heavy (non-hydrogen) atoms. The molecule has 12 heteroatoms. The topological polar surface area (TPSA) is 149 Å². The van der Waals surface area contributed by atoms with Gasteiger partial charge in [0.05, 0.1) is 18.0 Å². The zero-order valence-electron chi connectivity index (χ0n) is 13.6. The normalized spacial score (nSPS) is 12.1. The molecule has 0 saturated carbocycles. The average Bonchev–Trinajstić information content (AvgIpc) is 3.17. The van der Waals surface area contributed by atoms with Crippen LogP contribution in [-0.2, 0) is 16.7 Å². The molecule has 1 aromatic carbocycles. The van der Waals surface area contributed by atoms with Crippen molar-refractivity contribution in [1.82, 2.24) is 19.1 Å². The van der Waals surface area contributed by atoms with Crippen molar-refractivity contribution in [3.05, 3.63) is 36.0 Å².